The number of benzene rings is 1. The molecule has 2 bridgehead atoms. The highest BCUT2D eigenvalue weighted by molar-refractivity contribution is 6.40. The van der Waals surface area contributed by atoms with E-state index < -0.39 is 11.0 Å². The molecule has 0 aromatic heterocycles. The van der Waals surface area contributed by atoms with E-state index in [-0.39, 0.29) is 33.4 Å². The molecule has 2 aliphatic heterocycles. The van der Waals surface area contributed by atoms with Crippen molar-refractivity contribution in [2.24, 2.45) is 33.1 Å². The zero-order chi connectivity index (χ0) is 23.3. The van der Waals surface area contributed by atoms with Gasteiger partial charge in [0.05, 0.1) is 22.2 Å². The molecule has 5 heteroatoms. The zero-order valence-electron chi connectivity index (χ0n) is 19.6. The Balaban J connectivity index is 0.000000684. The van der Waals surface area contributed by atoms with Crippen molar-refractivity contribution >= 4 is 40.5 Å². The van der Waals surface area contributed by atoms with Gasteiger partial charge in [0, 0.05) is 22.3 Å². The predicted molar refractivity (Wildman–Crippen MR) is 133 cm³/mol. The van der Waals surface area contributed by atoms with Crippen LogP contribution in [0, 0.1) is 28.1 Å². The van der Waals surface area contributed by atoms with Crippen molar-refractivity contribution in [2.45, 2.75) is 58.4 Å². The van der Waals surface area contributed by atoms with E-state index in [4.69, 9.17) is 28.2 Å². The van der Waals surface area contributed by atoms with Crippen LogP contribution < -0.4 is 5.32 Å². The van der Waals surface area contributed by atoms with Crippen molar-refractivity contribution in [1.29, 1.82) is 0 Å². The SMILES string of the molecule is C=C[C@]1(C)CC[C@@H]2[C@H]3[C@@]14C=CC(C)(C)C1=Nc5cccc(c5[C@@]13NC4=O)C2(C)C.ClCCl. The second kappa shape index (κ2) is 6.51. The van der Waals surface area contributed by atoms with Crippen LogP contribution in [0.25, 0.3) is 0 Å². The van der Waals surface area contributed by atoms with Gasteiger partial charge >= 0.3 is 0 Å². The van der Waals surface area contributed by atoms with Crippen LogP contribution in [-0.2, 0) is 15.7 Å². The Bertz CT molecular complexity index is 1100. The van der Waals surface area contributed by atoms with Crippen LogP contribution in [0.1, 0.15) is 58.6 Å². The van der Waals surface area contributed by atoms with Gasteiger partial charge in [-0.15, -0.1) is 29.8 Å². The van der Waals surface area contributed by atoms with Crippen LogP contribution in [0.15, 0.2) is 48.0 Å². The zero-order valence-corrected chi connectivity index (χ0v) is 21.1. The van der Waals surface area contributed by atoms with Crippen LogP contribution >= 0.6 is 23.2 Å². The van der Waals surface area contributed by atoms with Gasteiger partial charge < -0.3 is 5.32 Å². The monoisotopic (exact) mass is 470 g/mol. The Hall–Kier alpha value is -1.58. The Labute approximate surface area is 201 Å². The van der Waals surface area contributed by atoms with Crippen LogP contribution in [-0.4, -0.2) is 17.0 Å². The standard InChI is InChI=1S/C26H30N2O.CH2Cl2/c1-7-24(6)12-11-16-19-25(24)14-13-22(2,3)20-26(19,28-21(25)29)18-15(23(16,4)5)9-8-10-17(18)27-20;2-1-3/h7-10,13-14,16,19H,1,11-12H2,2-6H3,(H,28,29);1H2/t16-,19+,24-,25-,26+;/m1./s1. The minimum atomic E-state index is -0.585. The van der Waals surface area contributed by atoms with Gasteiger partial charge in [-0.2, -0.15) is 0 Å². The molecule has 170 valence electrons. The van der Waals surface area contributed by atoms with E-state index in [1.807, 2.05) is 0 Å². The molecule has 1 spiro atoms. The van der Waals surface area contributed by atoms with E-state index in [2.05, 4.69) is 82.9 Å². The largest absolute Gasteiger partial charge is 0.340 e. The molecule has 3 nitrogen and oxygen atoms in total. The topological polar surface area (TPSA) is 41.5 Å². The van der Waals surface area contributed by atoms with Gasteiger partial charge in [0.1, 0.15) is 5.54 Å². The highest BCUT2D eigenvalue weighted by Crippen LogP contribution is 2.74. The highest BCUT2D eigenvalue weighted by Gasteiger charge is 2.78. The second-order valence-electron chi connectivity index (χ2n) is 11.4. The van der Waals surface area contributed by atoms with Crippen LogP contribution in [0.3, 0.4) is 0 Å². The Kier molecular flexibility index (Phi) is 4.52. The smallest absolute Gasteiger partial charge is 0.232 e. The van der Waals surface area contributed by atoms with Gasteiger partial charge in [-0.05, 0) is 35.8 Å². The van der Waals surface area contributed by atoms with E-state index in [1.165, 1.54) is 11.1 Å². The number of carbonyl (C=O) groups excluding carboxylic acids is 1. The predicted octanol–water partition coefficient (Wildman–Crippen LogP) is 6.61. The maximum absolute atomic E-state index is 14.0. The summed E-state index contributed by atoms with van der Waals surface area (Å²) in [4.78, 5) is 19.2. The van der Waals surface area contributed by atoms with Gasteiger partial charge in [-0.1, -0.05) is 65.0 Å². The first-order valence-corrected chi connectivity index (χ1v) is 12.6. The third kappa shape index (κ3) is 2.21. The molecule has 1 N–H and O–H groups in total. The van der Waals surface area contributed by atoms with Gasteiger partial charge in [-0.25, -0.2) is 0 Å². The maximum Gasteiger partial charge on any atom is 0.232 e. The number of amides is 1. The number of halogens is 2. The highest BCUT2D eigenvalue weighted by atomic mass is 35.5. The number of hydrogen-bond acceptors (Lipinski definition) is 2. The molecule has 32 heavy (non-hydrogen) atoms. The quantitative estimate of drug-likeness (QED) is 0.363. The summed E-state index contributed by atoms with van der Waals surface area (Å²) in [5.41, 5.74) is 3.22. The van der Waals surface area contributed by atoms with Crippen molar-refractivity contribution in [3.63, 3.8) is 0 Å². The first kappa shape index (κ1) is 22.2. The molecule has 6 rings (SSSR count). The number of alkyl halides is 2. The molecule has 2 fully saturated rings. The summed E-state index contributed by atoms with van der Waals surface area (Å²) in [7, 11) is 0. The lowest BCUT2D eigenvalue weighted by Gasteiger charge is -2.60. The van der Waals surface area contributed by atoms with Gasteiger partial charge in [-0.3, -0.25) is 9.79 Å². The molecular formula is C27H32Cl2N2O. The summed E-state index contributed by atoms with van der Waals surface area (Å²) in [5.74, 6) is 0.718. The van der Waals surface area contributed by atoms with Gasteiger partial charge in [0.15, 0.2) is 0 Å². The molecule has 5 atom stereocenters. The van der Waals surface area contributed by atoms with Crippen molar-refractivity contribution in [2.75, 3.05) is 5.34 Å². The van der Waals surface area contributed by atoms with E-state index in [9.17, 15) is 4.79 Å². The lowest BCUT2D eigenvalue weighted by atomic mass is 9.40. The fourth-order valence-corrected chi connectivity index (χ4v) is 7.93. The second-order valence-corrected chi connectivity index (χ2v) is 12.2. The van der Waals surface area contributed by atoms with Gasteiger partial charge in [0.25, 0.3) is 0 Å². The summed E-state index contributed by atoms with van der Waals surface area (Å²) < 4.78 is 0. The number of hydrogen-bond donors (Lipinski definition) is 1. The van der Waals surface area contributed by atoms with Crippen LogP contribution in [0.2, 0.25) is 0 Å². The van der Waals surface area contributed by atoms with E-state index in [1.54, 1.807) is 0 Å². The molecule has 0 radical (unpaired) electrons. The third-order valence-electron chi connectivity index (χ3n) is 9.45. The summed E-state index contributed by atoms with van der Waals surface area (Å²) in [6, 6.07) is 6.56. The van der Waals surface area contributed by atoms with Crippen molar-refractivity contribution < 1.29 is 4.79 Å². The molecule has 0 unspecified atom stereocenters. The number of carbonyl (C=O) groups is 1. The molecule has 3 aliphatic carbocycles. The molecule has 1 aromatic carbocycles. The van der Waals surface area contributed by atoms with Crippen molar-refractivity contribution in [3.05, 3.63) is 54.1 Å². The van der Waals surface area contributed by atoms with Crippen LogP contribution in [0.4, 0.5) is 5.69 Å². The van der Waals surface area contributed by atoms with E-state index in [0.29, 0.717) is 5.92 Å². The Morgan fingerprint density at radius 2 is 1.88 bits per heavy atom. The lowest BCUT2D eigenvalue weighted by molar-refractivity contribution is -0.136. The minimum absolute atomic E-state index is 0.00709. The van der Waals surface area contributed by atoms with E-state index in [0.717, 1.165) is 24.2 Å². The molecule has 5 aliphatic rings. The number of nitrogens with zero attached hydrogens (tertiary/aromatic N) is 1. The van der Waals surface area contributed by atoms with Crippen molar-refractivity contribution in [1.82, 2.24) is 5.32 Å². The van der Waals surface area contributed by atoms with Crippen LogP contribution in [0.5, 0.6) is 0 Å². The van der Waals surface area contributed by atoms with Gasteiger partial charge in [0.2, 0.25) is 5.91 Å². The average Bonchev–Trinajstić information content (AvgIpc) is 3.18. The summed E-state index contributed by atoms with van der Waals surface area (Å²) in [6.45, 7) is 15.7. The Morgan fingerprint density at radius 3 is 2.53 bits per heavy atom. The molecule has 1 amide bonds. The fourth-order valence-electron chi connectivity index (χ4n) is 7.93. The number of allylic oxidation sites excluding steroid dienone is 2. The molecular weight excluding hydrogens is 439 g/mol. The number of rotatable bonds is 1. The van der Waals surface area contributed by atoms with Crippen molar-refractivity contribution in [3.8, 4) is 0 Å². The average molecular weight is 471 g/mol. The first-order chi connectivity index (χ1) is 15.0. The summed E-state index contributed by atoms with van der Waals surface area (Å²) in [6.07, 6.45) is 8.68. The molecule has 1 saturated carbocycles. The molecule has 2 heterocycles. The molecule has 1 aromatic rings. The summed E-state index contributed by atoms with van der Waals surface area (Å²) in [5, 5.41) is 3.80. The first-order valence-electron chi connectivity index (χ1n) is 11.5. The minimum Gasteiger partial charge on any atom is -0.340 e. The Morgan fingerprint density at radius 1 is 1.19 bits per heavy atom. The third-order valence-corrected chi connectivity index (χ3v) is 9.45. The normalized spacial score (nSPS) is 40.3. The summed E-state index contributed by atoms with van der Waals surface area (Å²) >= 11 is 9.53. The number of aliphatic imine (C=N–C) groups is 1. The number of nitrogens with one attached hydrogen (secondary N) is 1. The van der Waals surface area contributed by atoms with E-state index >= 15 is 0 Å². The lowest BCUT2D eigenvalue weighted by Crippen LogP contribution is -2.63. The fraction of sp³-hybridized carbons (Fsp3) is 0.556. The molecule has 1 saturated heterocycles. The maximum atomic E-state index is 14.0.